The molecule has 0 bridgehead atoms. The van der Waals surface area contributed by atoms with Crippen molar-refractivity contribution in [3.05, 3.63) is 65.5 Å². The van der Waals surface area contributed by atoms with Gasteiger partial charge in [-0.2, -0.15) is 0 Å². The molecule has 0 spiro atoms. The number of hydrogen-bond acceptors (Lipinski definition) is 2. The summed E-state index contributed by atoms with van der Waals surface area (Å²) in [6, 6.07) is 13.5. The number of halogens is 1. The lowest BCUT2D eigenvalue weighted by Gasteiger charge is -2.24. The van der Waals surface area contributed by atoms with E-state index in [1.54, 1.807) is 0 Å². The number of carbonyl (C=O) groups excluding carboxylic acids is 1. The molecule has 18 heavy (non-hydrogen) atoms. The highest BCUT2D eigenvalue weighted by Gasteiger charge is 2.30. The molecule has 0 amide bonds. The van der Waals surface area contributed by atoms with Crippen molar-refractivity contribution >= 4 is 5.78 Å². The van der Waals surface area contributed by atoms with Gasteiger partial charge >= 0.3 is 0 Å². The number of rotatable bonds is 1. The van der Waals surface area contributed by atoms with E-state index in [-0.39, 0.29) is 11.7 Å². The summed E-state index contributed by atoms with van der Waals surface area (Å²) in [7, 11) is 0. The molecule has 0 unspecified atom stereocenters. The molecule has 0 saturated heterocycles. The fourth-order valence-electron chi connectivity index (χ4n) is 2.19. The second-order valence-electron chi connectivity index (χ2n) is 4.28. The third kappa shape index (κ3) is 1.78. The summed E-state index contributed by atoms with van der Waals surface area (Å²) in [4.78, 5) is 12.3. The Morgan fingerprint density at radius 1 is 1.11 bits per heavy atom. The van der Waals surface area contributed by atoms with E-state index in [0.29, 0.717) is 17.9 Å². The van der Waals surface area contributed by atoms with Gasteiger partial charge in [-0.25, -0.2) is 4.39 Å². The van der Waals surface area contributed by atoms with Crippen molar-refractivity contribution in [1.29, 1.82) is 0 Å². The zero-order chi connectivity index (χ0) is 12.5. The van der Waals surface area contributed by atoms with Crippen molar-refractivity contribution in [1.82, 2.24) is 0 Å². The lowest BCUT2D eigenvalue weighted by molar-refractivity contribution is 0.0895. The summed E-state index contributed by atoms with van der Waals surface area (Å²) in [6.45, 7) is 0.307. The second-order valence-corrected chi connectivity index (χ2v) is 4.28. The second kappa shape index (κ2) is 4.26. The number of Topliss-reactive ketones (excluding diaryl/α,β-unsaturated/α-hetero) is 1. The molecule has 1 atom stereocenters. The quantitative estimate of drug-likeness (QED) is 0.767. The van der Waals surface area contributed by atoms with Gasteiger partial charge in [0.2, 0.25) is 0 Å². The van der Waals surface area contributed by atoms with Crippen molar-refractivity contribution in [2.75, 3.05) is 6.61 Å². The Morgan fingerprint density at radius 3 is 2.67 bits per heavy atom. The van der Waals surface area contributed by atoms with Gasteiger partial charge in [0, 0.05) is 0 Å². The number of ketones is 1. The highest BCUT2D eigenvalue weighted by molar-refractivity contribution is 6.04. The fourth-order valence-corrected chi connectivity index (χ4v) is 2.19. The predicted octanol–water partition coefficient (Wildman–Crippen LogP) is 3.18. The van der Waals surface area contributed by atoms with Crippen molar-refractivity contribution in [2.45, 2.75) is 5.92 Å². The minimum atomic E-state index is -0.417. The number of fused-ring (bicyclic) bond motifs is 1. The van der Waals surface area contributed by atoms with Crippen LogP contribution in [0.2, 0.25) is 0 Å². The third-order valence-electron chi connectivity index (χ3n) is 3.13. The zero-order valence-electron chi connectivity index (χ0n) is 9.60. The summed E-state index contributed by atoms with van der Waals surface area (Å²) >= 11 is 0. The molecule has 2 nitrogen and oxygen atoms in total. The summed E-state index contributed by atoms with van der Waals surface area (Å²) in [5.74, 6) is -0.379. The van der Waals surface area contributed by atoms with Crippen LogP contribution in [0.5, 0.6) is 5.75 Å². The van der Waals surface area contributed by atoms with Gasteiger partial charge in [-0.05, 0) is 23.8 Å². The molecule has 1 heterocycles. The molecule has 0 radical (unpaired) electrons. The third-order valence-corrected chi connectivity index (χ3v) is 3.13. The van der Waals surface area contributed by atoms with Crippen molar-refractivity contribution < 1.29 is 13.9 Å². The minimum absolute atomic E-state index is 0.0815. The van der Waals surface area contributed by atoms with Crippen LogP contribution in [0.25, 0.3) is 0 Å². The first-order valence-electron chi connectivity index (χ1n) is 5.77. The largest absolute Gasteiger partial charge is 0.492 e. The summed E-state index contributed by atoms with van der Waals surface area (Å²) in [5, 5.41) is 0. The lowest BCUT2D eigenvalue weighted by Crippen LogP contribution is -2.26. The Labute approximate surface area is 104 Å². The monoisotopic (exact) mass is 242 g/mol. The van der Waals surface area contributed by atoms with Crippen LogP contribution in [0.3, 0.4) is 0 Å². The maximum atomic E-state index is 13.2. The number of benzene rings is 2. The number of ether oxygens (including phenoxy) is 1. The first-order chi connectivity index (χ1) is 8.75. The van der Waals surface area contributed by atoms with Crippen LogP contribution < -0.4 is 4.74 Å². The van der Waals surface area contributed by atoms with Gasteiger partial charge in [-0.1, -0.05) is 30.3 Å². The molecule has 0 aliphatic carbocycles. The Bertz CT molecular complexity index is 593. The standard InChI is InChI=1S/C15H11FO2/c16-11-6-7-14-12(8-11)15(17)13(9-18-14)10-4-2-1-3-5-10/h1-8,13H,9H2/t13-/m1/s1. The average Bonchev–Trinajstić information content (AvgIpc) is 2.41. The fraction of sp³-hybridized carbons (Fsp3) is 0.133. The summed E-state index contributed by atoms with van der Waals surface area (Å²) < 4.78 is 18.7. The van der Waals surface area contributed by atoms with Gasteiger partial charge in [0.1, 0.15) is 18.2 Å². The van der Waals surface area contributed by atoms with E-state index in [1.165, 1.54) is 18.2 Å². The Hall–Kier alpha value is -2.16. The highest BCUT2D eigenvalue weighted by atomic mass is 19.1. The molecule has 1 aliphatic rings. The average molecular weight is 242 g/mol. The SMILES string of the molecule is O=C1c2cc(F)ccc2OC[C@@H]1c1ccccc1. The molecule has 0 fully saturated rings. The maximum Gasteiger partial charge on any atom is 0.177 e. The van der Waals surface area contributed by atoms with Gasteiger partial charge in [0.15, 0.2) is 5.78 Å². The first kappa shape index (κ1) is 11.0. The maximum absolute atomic E-state index is 13.2. The van der Waals surface area contributed by atoms with Crippen LogP contribution in [0.4, 0.5) is 4.39 Å². The van der Waals surface area contributed by atoms with Crippen molar-refractivity contribution in [3.63, 3.8) is 0 Å². The van der Waals surface area contributed by atoms with Gasteiger partial charge in [-0.15, -0.1) is 0 Å². The summed E-state index contributed by atoms with van der Waals surface area (Å²) in [6.07, 6.45) is 0. The lowest BCUT2D eigenvalue weighted by atomic mass is 9.89. The molecule has 0 saturated carbocycles. The topological polar surface area (TPSA) is 26.3 Å². The van der Waals surface area contributed by atoms with E-state index in [2.05, 4.69) is 0 Å². The van der Waals surface area contributed by atoms with Crippen LogP contribution in [0, 0.1) is 5.82 Å². The van der Waals surface area contributed by atoms with E-state index in [9.17, 15) is 9.18 Å². The molecule has 90 valence electrons. The molecule has 1 aliphatic heterocycles. The van der Waals surface area contributed by atoms with Crippen LogP contribution >= 0.6 is 0 Å². The van der Waals surface area contributed by atoms with E-state index < -0.39 is 5.82 Å². The molecular formula is C15H11FO2. The molecule has 0 aromatic heterocycles. The van der Waals surface area contributed by atoms with Crippen LogP contribution in [-0.2, 0) is 0 Å². The Balaban J connectivity index is 2.02. The summed E-state index contributed by atoms with van der Waals surface area (Å²) in [5.41, 5.74) is 1.23. The molecule has 3 rings (SSSR count). The van der Waals surface area contributed by atoms with Crippen molar-refractivity contribution in [3.8, 4) is 5.75 Å². The molecule has 0 N–H and O–H groups in total. The van der Waals surface area contributed by atoms with Crippen LogP contribution in [0.15, 0.2) is 48.5 Å². The predicted molar refractivity (Wildman–Crippen MR) is 65.4 cm³/mol. The molecule has 3 heteroatoms. The smallest absolute Gasteiger partial charge is 0.177 e. The Kier molecular flexibility index (Phi) is 2.59. The van der Waals surface area contributed by atoms with Crippen LogP contribution in [0.1, 0.15) is 21.8 Å². The molecular weight excluding hydrogens is 231 g/mol. The molecule has 2 aromatic carbocycles. The van der Waals surface area contributed by atoms with Gasteiger partial charge in [0.25, 0.3) is 0 Å². The van der Waals surface area contributed by atoms with Crippen molar-refractivity contribution in [2.24, 2.45) is 0 Å². The van der Waals surface area contributed by atoms with Gasteiger partial charge in [-0.3, -0.25) is 4.79 Å². The minimum Gasteiger partial charge on any atom is -0.492 e. The van der Waals surface area contributed by atoms with E-state index in [1.807, 2.05) is 30.3 Å². The zero-order valence-corrected chi connectivity index (χ0v) is 9.60. The van der Waals surface area contributed by atoms with E-state index in [0.717, 1.165) is 5.56 Å². The van der Waals surface area contributed by atoms with Gasteiger partial charge < -0.3 is 4.74 Å². The van der Waals surface area contributed by atoms with E-state index >= 15 is 0 Å². The van der Waals surface area contributed by atoms with Crippen LogP contribution in [-0.4, -0.2) is 12.4 Å². The van der Waals surface area contributed by atoms with Gasteiger partial charge in [0.05, 0.1) is 11.5 Å². The first-order valence-corrected chi connectivity index (χ1v) is 5.77. The number of hydrogen-bond donors (Lipinski definition) is 0. The Morgan fingerprint density at radius 2 is 1.89 bits per heavy atom. The number of carbonyl (C=O) groups is 1. The van der Waals surface area contributed by atoms with E-state index in [4.69, 9.17) is 4.74 Å². The molecule has 2 aromatic rings. The normalized spacial score (nSPS) is 18.1. The highest BCUT2D eigenvalue weighted by Crippen LogP contribution is 2.32.